The van der Waals surface area contributed by atoms with Gasteiger partial charge < -0.3 is 15.5 Å². The molecule has 2 aromatic carbocycles. The highest BCUT2D eigenvalue weighted by Gasteiger charge is 2.10. The van der Waals surface area contributed by atoms with Gasteiger partial charge in [-0.15, -0.1) is 11.8 Å². The predicted octanol–water partition coefficient (Wildman–Crippen LogP) is 4.99. The first kappa shape index (κ1) is 22.3. The molecule has 2 aromatic rings. The van der Waals surface area contributed by atoms with Crippen LogP contribution in [0.2, 0.25) is 0 Å². The van der Waals surface area contributed by atoms with Gasteiger partial charge in [-0.1, -0.05) is 22.0 Å². The third-order valence-corrected chi connectivity index (χ3v) is 5.45. The number of carbonyl (C=O) groups excluding carboxylic acids is 2. The second-order valence-electron chi connectivity index (χ2n) is 6.53. The number of hydrogen-bond donors (Lipinski definition) is 2. The van der Waals surface area contributed by atoms with Crippen LogP contribution < -0.4 is 15.5 Å². The Kier molecular flexibility index (Phi) is 8.86. The Balaban J connectivity index is 1.75. The van der Waals surface area contributed by atoms with E-state index in [4.69, 9.17) is 0 Å². The van der Waals surface area contributed by atoms with Gasteiger partial charge in [0.2, 0.25) is 11.8 Å². The summed E-state index contributed by atoms with van der Waals surface area (Å²) in [5.74, 6) is 0.192. The molecule has 0 heterocycles. The van der Waals surface area contributed by atoms with Crippen LogP contribution in [-0.2, 0) is 9.59 Å². The van der Waals surface area contributed by atoms with Gasteiger partial charge in [0.05, 0.1) is 11.5 Å². The highest BCUT2D eigenvalue weighted by molar-refractivity contribution is 9.10. The Bertz CT molecular complexity index is 796. The largest absolute Gasteiger partial charge is 0.369 e. The van der Waals surface area contributed by atoms with Crippen molar-refractivity contribution in [3.63, 3.8) is 0 Å². The minimum absolute atomic E-state index is 0.121. The van der Waals surface area contributed by atoms with Crippen LogP contribution >= 0.6 is 27.7 Å². The first-order valence-corrected chi connectivity index (χ1v) is 11.1. The first-order chi connectivity index (χ1) is 13.4. The van der Waals surface area contributed by atoms with Crippen LogP contribution in [0, 0.1) is 0 Å². The third kappa shape index (κ3) is 7.20. The summed E-state index contributed by atoms with van der Waals surface area (Å²) in [5.41, 5.74) is 2.62. The van der Waals surface area contributed by atoms with Crippen molar-refractivity contribution in [1.29, 1.82) is 0 Å². The highest BCUT2D eigenvalue weighted by atomic mass is 79.9. The smallest absolute Gasteiger partial charge is 0.234 e. The topological polar surface area (TPSA) is 61.4 Å². The molecule has 0 aliphatic rings. The molecule has 0 unspecified atom stereocenters. The molecule has 0 saturated carbocycles. The van der Waals surface area contributed by atoms with Crippen molar-refractivity contribution in [1.82, 2.24) is 0 Å². The van der Waals surface area contributed by atoms with Crippen molar-refractivity contribution >= 4 is 56.6 Å². The maximum absolute atomic E-state index is 12.1. The first-order valence-electron chi connectivity index (χ1n) is 9.18. The van der Waals surface area contributed by atoms with Crippen LogP contribution in [0.15, 0.2) is 53.0 Å². The van der Waals surface area contributed by atoms with E-state index in [1.54, 1.807) is 0 Å². The Hall–Kier alpha value is -1.99. The molecule has 0 spiro atoms. The lowest BCUT2D eigenvalue weighted by atomic mass is 10.2. The van der Waals surface area contributed by atoms with Gasteiger partial charge in [0.1, 0.15) is 0 Å². The van der Waals surface area contributed by atoms with E-state index >= 15 is 0 Å². The summed E-state index contributed by atoms with van der Waals surface area (Å²) in [6.07, 6.45) is 0. The zero-order valence-electron chi connectivity index (χ0n) is 16.4. The maximum atomic E-state index is 12.1. The van der Waals surface area contributed by atoms with E-state index in [9.17, 15) is 9.59 Å². The second-order valence-corrected chi connectivity index (χ2v) is 8.43. The third-order valence-electron chi connectivity index (χ3n) is 4.02. The average molecular weight is 464 g/mol. The van der Waals surface area contributed by atoms with Crippen molar-refractivity contribution in [2.24, 2.45) is 0 Å². The number of nitrogens with one attached hydrogen (secondary N) is 2. The fourth-order valence-corrected chi connectivity index (χ4v) is 3.80. The molecular weight excluding hydrogens is 438 g/mol. The zero-order chi connectivity index (χ0) is 20.5. The van der Waals surface area contributed by atoms with Gasteiger partial charge in [0.15, 0.2) is 0 Å². The van der Waals surface area contributed by atoms with Crippen LogP contribution in [0.5, 0.6) is 0 Å². The average Bonchev–Trinajstić information content (AvgIpc) is 2.63. The molecule has 0 radical (unpaired) electrons. The summed E-state index contributed by atoms with van der Waals surface area (Å²) < 4.78 is 0.902. The molecule has 7 heteroatoms. The predicted molar refractivity (Wildman–Crippen MR) is 123 cm³/mol. The quantitative estimate of drug-likeness (QED) is 0.549. The number of nitrogens with zero attached hydrogens (tertiary/aromatic N) is 1. The molecule has 2 rings (SSSR count). The summed E-state index contributed by atoms with van der Waals surface area (Å²) in [4.78, 5) is 26.3. The van der Waals surface area contributed by atoms with E-state index in [-0.39, 0.29) is 23.3 Å². The molecule has 0 aliphatic carbocycles. The number of halogens is 1. The van der Waals surface area contributed by atoms with Crippen LogP contribution in [0.4, 0.5) is 17.1 Å². The molecule has 0 bridgehead atoms. The van der Waals surface area contributed by atoms with Crippen molar-refractivity contribution in [2.45, 2.75) is 26.8 Å². The van der Waals surface area contributed by atoms with Crippen molar-refractivity contribution < 1.29 is 9.59 Å². The van der Waals surface area contributed by atoms with Crippen molar-refractivity contribution in [2.75, 3.05) is 33.6 Å². The Morgan fingerprint density at radius 3 is 2.14 bits per heavy atom. The summed E-state index contributed by atoms with van der Waals surface area (Å²) >= 11 is 4.65. The fourth-order valence-electron chi connectivity index (χ4n) is 2.78. The monoisotopic (exact) mass is 463 g/mol. The zero-order valence-corrected chi connectivity index (χ0v) is 18.8. The SMILES string of the molecule is CCN(c1ccc(NC(=O)CSCC(=O)Nc2cccc(Br)c2)cc1)C(C)C. The number of amides is 2. The minimum atomic E-state index is -0.131. The lowest BCUT2D eigenvalue weighted by Gasteiger charge is -2.27. The molecule has 0 atom stereocenters. The molecule has 0 aliphatic heterocycles. The lowest BCUT2D eigenvalue weighted by molar-refractivity contribution is -0.114. The number of hydrogen-bond acceptors (Lipinski definition) is 4. The molecule has 2 N–H and O–H groups in total. The number of thioether (sulfide) groups is 1. The van der Waals surface area contributed by atoms with Gasteiger partial charge >= 0.3 is 0 Å². The van der Waals surface area contributed by atoms with Gasteiger partial charge in [-0.3, -0.25) is 9.59 Å². The number of carbonyl (C=O) groups is 2. The number of anilines is 3. The van der Waals surface area contributed by atoms with Gasteiger partial charge in [-0.25, -0.2) is 0 Å². The van der Waals surface area contributed by atoms with E-state index in [1.807, 2.05) is 48.5 Å². The summed E-state index contributed by atoms with van der Waals surface area (Å²) in [7, 11) is 0. The molecule has 0 saturated heterocycles. The molecule has 150 valence electrons. The van der Waals surface area contributed by atoms with Gasteiger partial charge in [-0.2, -0.15) is 0 Å². The lowest BCUT2D eigenvalue weighted by Crippen LogP contribution is -2.30. The Morgan fingerprint density at radius 2 is 1.61 bits per heavy atom. The summed E-state index contributed by atoms with van der Waals surface area (Å²) in [6, 6.07) is 15.7. The van der Waals surface area contributed by atoms with E-state index in [1.165, 1.54) is 11.8 Å². The molecule has 28 heavy (non-hydrogen) atoms. The minimum Gasteiger partial charge on any atom is -0.369 e. The summed E-state index contributed by atoms with van der Waals surface area (Å²) in [5, 5.41) is 5.68. The molecule has 5 nitrogen and oxygen atoms in total. The van der Waals surface area contributed by atoms with Gasteiger partial charge in [-0.05, 0) is 63.2 Å². The standard InChI is InChI=1S/C21H26BrN3O2S/c1-4-25(15(2)3)19-10-8-17(9-11-19)23-20(26)13-28-14-21(27)24-18-7-5-6-16(22)12-18/h5-12,15H,4,13-14H2,1-3H3,(H,23,26)(H,24,27). The van der Waals surface area contributed by atoms with Crippen LogP contribution in [0.1, 0.15) is 20.8 Å². The van der Waals surface area contributed by atoms with Crippen LogP contribution in [0.25, 0.3) is 0 Å². The number of benzene rings is 2. The second kappa shape index (κ2) is 11.1. The molecular formula is C21H26BrN3O2S. The van der Waals surface area contributed by atoms with Gasteiger partial charge in [0.25, 0.3) is 0 Å². The highest BCUT2D eigenvalue weighted by Crippen LogP contribution is 2.20. The van der Waals surface area contributed by atoms with Crippen LogP contribution in [0.3, 0.4) is 0 Å². The fraction of sp³-hybridized carbons (Fsp3) is 0.333. The Labute approximate surface area is 179 Å². The van der Waals surface area contributed by atoms with E-state index in [0.29, 0.717) is 6.04 Å². The van der Waals surface area contributed by atoms with Crippen molar-refractivity contribution in [3.05, 3.63) is 53.0 Å². The number of rotatable bonds is 9. The van der Waals surface area contributed by atoms with E-state index < -0.39 is 0 Å². The Morgan fingerprint density at radius 1 is 1.00 bits per heavy atom. The normalized spacial score (nSPS) is 10.6. The van der Waals surface area contributed by atoms with E-state index in [2.05, 4.69) is 52.2 Å². The molecule has 0 aromatic heterocycles. The summed E-state index contributed by atoms with van der Waals surface area (Å²) in [6.45, 7) is 7.37. The van der Waals surface area contributed by atoms with E-state index in [0.717, 1.165) is 28.1 Å². The molecule has 2 amide bonds. The van der Waals surface area contributed by atoms with Gasteiger partial charge in [0, 0.05) is 34.1 Å². The molecule has 0 fully saturated rings. The van der Waals surface area contributed by atoms with Crippen molar-refractivity contribution in [3.8, 4) is 0 Å². The van der Waals surface area contributed by atoms with Crippen LogP contribution in [-0.4, -0.2) is 35.9 Å². The maximum Gasteiger partial charge on any atom is 0.234 e.